The minimum Gasteiger partial charge on any atom is -0.379 e. The van der Waals surface area contributed by atoms with Crippen LogP contribution >= 0.6 is 0 Å². The van der Waals surface area contributed by atoms with E-state index in [1.807, 2.05) is 14.0 Å². The topological polar surface area (TPSA) is 75.9 Å². The van der Waals surface area contributed by atoms with Crippen LogP contribution in [0.5, 0.6) is 0 Å². The Morgan fingerprint density at radius 2 is 2.06 bits per heavy atom. The molecule has 2 N–H and O–H groups in total. The van der Waals surface area contributed by atoms with Crippen LogP contribution in [-0.2, 0) is 14.8 Å². The normalized spacial score (nSPS) is 24.1. The van der Waals surface area contributed by atoms with E-state index in [-0.39, 0.29) is 18.4 Å². The lowest BCUT2D eigenvalue weighted by Crippen LogP contribution is -2.43. The van der Waals surface area contributed by atoms with E-state index >= 15 is 0 Å². The maximum Gasteiger partial charge on any atom is 0.216 e. The molecule has 7 heteroatoms. The van der Waals surface area contributed by atoms with E-state index in [2.05, 4.69) is 4.90 Å². The van der Waals surface area contributed by atoms with Gasteiger partial charge in [0.1, 0.15) is 0 Å². The van der Waals surface area contributed by atoms with Crippen molar-refractivity contribution in [3.05, 3.63) is 0 Å². The minimum atomic E-state index is -3.22. The second-order valence-corrected chi connectivity index (χ2v) is 6.83. The molecule has 0 aliphatic carbocycles. The molecule has 0 aromatic carbocycles. The van der Waals surface area contributed by atoms with Crippen LogP contribution in [0.15, 0.2) is 0 Å². The molecule has 0 amide bonds. The average Bonchev–Trinajstić information content (AvgIpc) is 2.46. The highest BCUT2D eigenvalue weighted by Crippen LogP contribution is 2.13. The van der Waals surface area contributed by atoms with Gasteiger partial charge in [-0.15, -0.1) is 0 Å². The zero-order chi connectivity index (χ0) is 13.6. The van der Waals surface area contributed by atoms with Gasteiger partial charge in [-0.25, -0.2) is 8.42 Å². The zero-order valence-corrected chi connectivity index (χ0v) is 12.2. The first-order valence-corrected chi connectivity index (χ1v) is 8.04. The minimum absolute atomic E-state index is 0.0250. The fraction of sp³-hybridized carbons (Fsp3) is 1.00. The number of rotatable bonds is 6. The molecule has 0 aromatic rings. The second kappa shape index (κ2) is 7.40. The maximum atomic E-state index is 12.2. The summed E-state index contributed by atoms with van der Waals surface area (Å²) in [7, 11) is -1.19. The lowest BCUT2D eigenvalue weighted by atomic mass is 10.3. The van der Waals surface area contributed by atoms with Crippen LogP contribution in [0.25, 0.3) is 0 Å². The van der Waals surface area contributed by atoms with Crippen molar-refractivity contribution in [2.45, 2.75) is 19.4 Å². The molecule has 6 nitrogen and oxygen atoms in total. The number of sulfonamides is 1. The summed E-state index contributed by atoms with van der Waals surface area (Å²) in [5.41, 5.74) is 5.29. The predicted octanol–water partition coefficient (Wildman–Crippen LogP) is -0.682. The van der Waals surface area contributed by atoms with Crippen molar-refractivity contribution < 1.29 is 13.2 Å². The first kappa shape index (κ1) is 15.8. The molecule has 0 bridgehead atoms. The molecule has 0 radical (unpaired) electrons. The van der Waals surface area contributed by atoms with Crippen molar-refractivity contribution in [2.75, 3.05) is 52.2 Å². The summed E-state index contributed by atoms with van der Waals surface area (Å²) in [5, 5.41) is 0. The molecule has 1 aliphatic rings. The van der Waals surface area contributed by atoms with Gasteiger partial charge in [-0.2, -0.15) is 4.31 Å². The molecule has 1 atom stereocenters. The highest BCUT2D eigenvalue weighted by atomic mass is 32.2. The Labute approximate surface area is 110 Å². The summed E-state index contributed by atoms with van der Waals surface area (Å²) in [4.78, 5) is 2.17. The second-order valence-electron chi connectivity index (χ2n) is 4.79. The van der Waals surface area contributed by atoms with Gasteiger partial charge < -0.3 is 15.4 Å². The third kappa shape index (κ3) is 4.81. The first-order chi connectivity index (χ1) is 8.47. The molecular weight excluding hydrogens is 254 g/mol. The van der Waals surface area contributed by atoms with Gasteiger partial charge in [0, 0.05) is 25.7 Å². The van der Waals surface area contributed by atoms with Gasteiger partial charge in [0.15, 0.2) is 0 Å². The van der Waals surface area contributed by atoms with Crippen LogP contribution in [-0.4, -0.2) is 75.9 Å². The molecule has 0 saturated carbocycles. The van der Waals surface area contributed by atoms with E-state index < -0.39 is 10.0 Å². The predicted molar refractivity (Wildman–Crippen MR) is 71.9 cm³/mol. The van der Waals surface area contributed by atoms with Crippen LogP contribution in [0.1, 0.15) is 13.3 Å². The standard InChI is InChI=1S/C11H25N3O3S/c1-11-10-13(2)5-3-6-14(11)18(15,16)9-8-17-7-4-12/h11H,3-10,12H2,1-2H3. The van der Waals surface area contributed by atoms with E-state index in [1.165, 1.54) is 0 Å². The van der Waals surface area contributed by atoms with Crippen molar-refractivity contribution in [1.29, 1.82) is 0 Å². The molecule has 1 aliphatic heterocycles. The SMILES string of the molecule is CC1CN(C)CCCN1S(=O)(=O)CCOCCN. The Morgan fingerprint density at radius 1 is 1.33 bits per heavy atom. The highest BCUT2D eigenvalue weighted by Gasteiger charge is 2.29. The van der Waals surface area contributed by atoms with E-state index in [0.717, 1.165) is 19.5 Å². The van der Waals surface area contributed by atoms with Gasteiger partial charge in [0.2, 0.25) is 10.0 Å². The number of nitrogens with two attached hydrogens (primary N) is 1. The molecule has 0 spiro atoms. The number of likely N-dealkylation sites (N-methyl/N-ethyl adjacent to an activating group) is 1. The van der Waals surface area contributed by atoms with E-state index in [9.17, 15) is 8.42 Å². The van der Waals surface area contributed by atoms with Crippen LogP contribution in [0.3, 0.4) is 0 Å². The summed E-state index contributed by atoms with van der Waals surface area (Å²) < 4.78 is 31.2. The van der Waals surface area contributed by atoms with Gasteiger partial charge in [-0.1, -0.05) is 0 Å². The zero-order valence-electron chi connectivity index (χ0n) is 11.3. The van der Waals surface area contributed by atoms with Crippen molar-refractivity contribution in [2.24, 2.45) is 5.73 Å². The van der Waals surface area contributed by atoms with Gasteiger partial charge in [-0.05, 0) is 26.9 Å². The molecular formula is C11H25N3O3S. The van der Waals surface area contributed by atoms with Crippen molar-refractivity contribution in [3.8, 4) is 0 Å². The third-order valence-corrected chi connectivity index (χ3v) is 5.03. The lowest BCUT2D eigenvalue weighted by molar-refractivity contribution is 0.155. The highest BCUT2D eigenvalue weighted by molar-refractivity contribution is 7.89. The van der Waals surface area contributed by atoms with E-state index in [1.54, 1.807) is 4.31 Å². The Balaban J connectivity index is 2.54. The van der Waals surface area contributed by atoms with Crippen molar-refractivity contribution in [3.63, 3.8) is 0 Å². The molecule has 18 heavy (non-hydrogen) atoms. The summed E-state index contributed by atoms with van der Waals surface area (Å²) in [6, 6.07) is 0.0250. The van der Waals surface area contributed by atoms with Crippen molar-refractivity contribution in [1.82, 2.24) is 9.21 Å². The van der Waals surface area contributed by atoms with Crippen LogP contribution in [0.4, 0.5) is 0 Å². The quantitative estimate of drug-likeness (QED) is 0.652. The summed E-state index contributed by atoms with van der Waals surface area (Å²) in [5.74, 6) is 0.0427. The smallest absolute Gasteiger partial charge is 0.216 e. The summed E-state index contributed by atoms with van der Waals surface area (Å²) in [6.07, 6.45) is 0.879. The average molecular weight is 279 g/mol. The Bertz CT molecular complexity index is 334. The van der Waals surface area contributed by atoms with Crippen LogP contribution < -0.4 is 5.73 Å². The molecule has 108 valence electrons. The molecule has 1 unspecified atom stereocenters. The van der Waals surface area contributed by atoms with Gasteiger partial charge >= 0.3 is 0 Å². The number of hydrogen-bond donors (Lipinski definition) is 1. The number of ether oxygens (including phenoxy) is 1. The number of hydrogen-bond acceptors (Lipinski definition) is 5. The number of nitrogens with zero attached hydrogens (tertiary/aromatic N) is 2. The fourth-order valence-electron chi connectivity index (χ4n) is 2.23. The largest absolute Gasteiger partial charge is 0.379 e. The Morgan fingerprint density at radius 3 is 2.72 bits per heavy atom. The third-order valence-electron chi connectivity index (χ3n) is 3.09. The Kier molecular flexibility index (Phi) is 6.51. The molecule has 1 fully saturated rings. The van der Waals surface area contributed by atoms with Gasteiger partial charge in [0.05, 0.1) is 19.0 Å². The molecule has 0 aromatic heterocycles. The van der Waals surface area contributed by atoms with Crippen LogP contribution in [0, 0.1) is 0 Å². The molecule has 1 rings (SSSR count). The first-order valence-electron chi connectivity index (χ1n) is 6.43. The van der Waals surface area contributed by atoms with Crippen molar-refractivity contribution >= 4 is 10.0 Å². The van der Waals surface area contributed by atoms with Gasteiger partial charge in [-0.3, -0.25) is 0 Å². The molecule has 1 saturated heterocycles. The monoisotopic (exact) mass is 279 g/mol. The van der Waals surface area contributed by atoms with Gasteiger partial charge in [0.25, 0.3) is 0 Å². The lowest BCUT2D eigenvalue weighted by Gasteiger charge is -2.27. The van der Waals surface area contributed by atoms with E-state index in [0.29, 0.717) is 19.7 Å². The summed E-state index contributed by atoms with van der Waals surface area (Å²) in [6.45, 7) is 5.34. The maximum absolute atomic E-state index is 12.2. The van der Waals surface area contributed by atoms with E-state index in [4.69, 9.17) is 10.5 Å². The molecule has 1 heterocycles. The fourth-order valence-corrected chi connectivity index (χ4v) is 3.82. The Hall–Kier alpha value is -0.210. The summed E-state index contributed by atoms with van der Waals surface area (Å²) >= 11 is 0. The van der Waals surface area contributed by atoms with Crippen LogP contribution in [0.2, 0.25) is 0 Å².